The zero-order valence-electron chi connectivity index (χ0n) is 8.96. The second kappa shape index (κ2) is 3.76. The van der Waals surface area contributed by atoms with E-state index in [9.17, 15) is 9.18 Å². The topological polar surface area (TPSA) is 20.3 Å². The summed E-state index contributed by atoms with van der Waals surface area (Å²) in [6.07, 6.45) is 3.23. The van der Waals surface area contributed by atoms with Gasteiger partial charge in [-0.15, -0.1) is 5.73 Å². The Kier molecular flexibility index (Phi) is 2.59. The van der Waals surface area contributed by atoms with E-state index in [-0.39, 0.29) is 11.8 Å². The molecule has 0 aromatic carbocycles. The zero-order chi connectivity index (χ0) is 11.0. The lowest BCUT2D eigenvalue weighted by atomic mass is 9.83. The lowest BCUT2D eigenvalue weighted by Gasteiger charge is -2.28. The Morgan fingerprint density at radius 3 is 3.00 bits per heavy atom. The van der Waals surface area contributed by atoms with Gasteiger partial charge < -0.3 is 0 Å². The number of likely N-dealkylation sites (N-methyl/N-ethyl adjacent to an activating group) is 1. The van der Waals surface area contributed by atoms with Crippen LogP contribution in [0.2, 0.25) is 0 Å². The molecule has 2 atom stereocenters. The van der Waals surface area contributed by atoms with Gasteiger partial charge in [0.2, 0.25) is 0 Å². The van der Waals surface area contributed by atoms with Gasteiger partial charge in [0.15, 0.2) is 5.78 Å². The third kappa shape index (κ3) is 1.81. The van der Waals surface area contributed by atoms with Gasteiger partial charge in [0.25, 0.3) is 0 Å². The normalized spacial score (nSPS) is 28.2. The number of Topliss-reactive ketones (excluding diaryl/α,β-unsaturated/α-hetero) is 1. The second-order valence-electron chi connectivity index (χ2n) is 4.12. The summed E-state index contributed by atoms with van der Waals surface area (Å²) in [6, 6.07) is -0.288. The van der Waals surface area contributed by atoms with E-state index >= 15 is 0 Å². The number of carbonyl (C=O) groups is 1. The van der Waals surface area contributed by atoms with Crippen LogP contribution in [0.3, 0.4) is 0 Å². The maximum atomic E-state index is 13.3. The molecule has 1 fully saturated rings. The molecular weight excluding hydrogens is 193 g/mol. The van der Waals surface area contributed by atoms with Crippen LogP contribution in [-0.4, -0.2) is 36.5 Å². The van der Waals surface area contributed by atoms with Gasteiger partial charge in [-0.25, -0.2) is 4.39 Å². The number of nitrogens with zero attached hydrogens (tertiary/aromatic N) is 1. The molecule has 0 amide bonds. The Balaban J connectivity index is 2.34. The first kappa shape index (κ1) is 10.3. The summed E-state index contributed by atoms with van der Waals surface area (Å²) < 4.78 is 13.3. The number of hydrogen-bond donors (Lipinski definition) is 0. The molecule has 0 N–H and O–H groups in total. The van der Waals surface area contributed by atoms with Crippen molar-refractivity contribution in [2.45, 2.75) is 25.6 Å². The lowest BCUT2D eigenvalue weighted by molar-refractivity contribution is -0.116. The summed E-state index contributed by atoms with van der Waals surface area (Å²) in [7, 11) is 1.88. The predicted octanol–water partition coefficient (Wildman–Crippen LogP) is 1.64. The summed E-state index contributed by atoms with van der Waals surface area (Å²) in [4.78, 5) is 13.1. The largest absolute Gasteiger partial charge is 0.293 e. The Bertz CT molecular complexity index is 388. The van der Waals surface area contributed by atoms with Crippen LogP contribution < -0.4 is 0 Å². The molecule has 80 valence electrons. The number of hydrogen-bond acceptors (Lipinski definition) is 2. The van der Waals surface area contributed by atoms with Gasteiger partial charge >= 0.3 is 0 Å². The number of fused-ring (bicyclic) bond motifs is 1. The van der Waals surface area contributed by atoms with E-state index < -0.39 is 6.17 Å². The molecule has 1 saturated carbocycles. The molecule has 0 bridgehead atoms. The van der Waals surface area contributed by atoms with E-state index in [4.69, 9.17) is 0 Å². The van der Waals surface area contributed by atoms with E-state index in [0.29, 0.717) is 18.5 Å². The average Bonchev–Trinajstić information content (AvgIpc) is 2.15. The predicted molar refractivity (Wildman–Crippen MR) is 56.3 cm³/mol. The van der Waals surface area contributed by atoms with Crippen molar-refractivity contribution in [1.82, 2.24) is 4.90 Å². The van der Waals surface area contributed by atoms with Gasteiger partial charge in [0.05, 0.1) is 11.6 Å². The third-order valence-corrected chi connectivity index (χ3v) is 2.95. The fourth-order valence-electron chi connectivity index (χ4n) is 1.92. The molecule has 0 aromatic heterocycles. The SMILES string of the molecule is CC(F)C1C=C=C2C(=O)CC2=CCN1C. The van der Waals surface area contributed by atoms with Crippen LogP contribution in [0.25, 0.3) is 0 Å². The van der Waals surface area contributed by atoms with Gasteiger partial charge in [-0.3, -0.25) is 9.69 Å². The Morgan fingerprint density at radius 1 is 1.67 bits per heavy atom. The van der Waals surface area contributed by atoms with Crippen LogP contribution in [0.15, 0.2) is 29.0 Å². The van der Waals surface area contributed by atoms with Crippen molar-refractivity contribution in [2.75, 3.05) is 13.6 Å². The first-order valence-corrected chi connectivity index (χ1v) is 5.13. The lowest BCUT2D eigenvalue weighted by Crippen LogP contribution is -2.37. The minimum atomic E-state index is -0.951. The molecule has 3 heteroatoms. The highest BCUT2D eigenvalue weighted by molar-refractivity contribution is 6.09. The molecule has 2 nitrogen and oxygen atoms in total. The summed E-state index contributed by atoms with van der Waals surface area (Å²) in [6.45, 7) is 2.21. The molecule has 1 heterocycles. The van der Waals surface area contributed by atoms with Gasteiger partial charge in [-0.1, -0.05) is 6.08 Å². The van der Waals surface area contributed by atoms with Gasteiger partial charge in [0, 0.05) is 13.0 Å². The minimum Gasteiger partial charge on any atom is -0.293 e. The molecule has 2 rings (SSSR count). The second-order valence-corrected chi connectivity index (χ2v) is 4.12. The minimum absolute atomic E-state index is 0.118. The number of rotatable bonds is 1. The highest BCUT2D eigenvalue weighted by atomic mass is 19.1. The van der Waals surface area contributed by atoms with Crippen LogP contribution in [0.4, 0.5) is 4.39 Å². The molecule has 0 aromatic rings. The van der Waals surface area contributed by atoms with Crippen molar-refractivity contribution in [3.63, 3.8) is 0 Å². The Labute approximate surface area is 88.8 Å². The van der Waals surface area contributed by atoms with Crippen molar-refractivity contribution >= 4 is 5.78 Å². The number of carbonyl (C=O) groups excluding carboxylic acids is 1. The summed E-state index contributed by atoms with van der Waals surface area (Å²) in [5, 5.41) is 0. The van der Waals surface area contributed by atoms with Gasteiger partial charge in [-0.2, -0.15) is 0 Å². The first-order chi connectivity index (χ1) is 7.09. The van der Waals surface area contributed by atoms with E-state index in [1.54, 1.807) is 6.08 Å². The van der Waals surface area contributed by atoms with Crippen molar-refractivity contribution in [2.24, 2.45) is 0 Å². The monoisotopic (exact) mass is 207 g/mol. The van der Waals surface area contributed by atoms with Crippen molar-refractivity contribution < 1.29 is 9.18 Å². The van der Waals surface area contributed by atoms with Crippen LogP contribution >= 0.6 is 0 Å². The molecular formula is C12H14FNO. The van der Waals surface area contributed by atoms with Crippen LogP contribution in [0, 0.1) is 0 Å². The molecule has 1 aliphatic heterocycles. The highest BCUT2D eigenvalue weighted by Crippen LogP contribution is 2.29. The number of alkyl halides is 1. The van der Waals surface area contributed by atoms with E-state index in [0.717, 1.165) is 5.57 Å². The number of halogens is 1. The molecule has 0 radical (unpaired) electrons. The maximum absolute atomic E-state index is 13.3. The summed E-state index contributed by atoms with van der Waals surface area (Å²) >= 11 is 0. The highest BCUT2D eigenvalue weighted by Gasteiger charge is 2.28. The van der Waals surface area contributed by atoms with Gasteiger partial charge in [0.1, 0.15) is 6.17 Å². The number of allylic oxidation sites excluding steroid dienone is 1. The molecule has 1 aliphatic carbocycles. The van der Waals surface area contributed by atoms with E-state index in [2.05, 4.69) is 5.73 Å². The molecule has 2 aliphatic rings. The molecule has 0 spiro atoms. The summed E-state index contributed by atoms with van der Waals surface area (Å²) in [5.74, 6) is 0.118. The fraction of sp³-hybridized carbons (Fsp3) is 0.500. The number of ketones is 1. The quantitative estimate of drug-likeness (QED) is 0.609. The summed E-state index contributed by atoms with van der Waals surface area (Å²) in [5.41, 5.74) is 4.62. The van der Waals surface area contributed by atoms with Crippen molar-refractivity contribution in [3.8, 4) is 0 Å². The van der Waals surface area contributed by atoms with Gasteiger partial charge in [-0.05, 0) is 25.6 Å². The third-order valence-electron chi connectivity index (χ3n) is 2.95. The van der Waals surface area contributed by atoms with Crippen LogP contribution in [0.5, 0.6) is 0 Å². The average molecular weight is 207 g/mol. The van der Waals surface area contributed by atoms with Crippen LogP contribution in [0.1, 0.15) is 13.3 Å². The fourth-order valence-corrected chi connectivity index (χ4v) is 1.92. The smallest absolute Gasteiger partial charge is 0.175 e. The zero-order valence-corrected chi connectivity index (χ0v) is 8.96. The maximum Gasteiger partial charge on any atom is 0.175 e. The van der Waals surface area contributed by atoms with Crippen molar-refractivity contribution in [3.05, 3.63) is 29.0 Å². The Hall–Kier alpha value is -1.18. The van der Waals surface area contributed by atoms with Crippen molar-refractivity contribution in [1.29, 1.82) is 0 Å². The molecule has 0 saturated heterocycles. The van der Waals surface area contributed by atoms with E-state index in [1.165, 1.54) is 6.92 Å². The standard InChI is InChI=1S/C12H14FNO/c1-8(13)11-4-3-10-9(7-12(10)15)5-6-14(11)2/h4-5,8,11H,6-7H2,1-2H3. The van der Waals surface area contributed by atoms with Crippen LogP contribution in [-0.2, 0) is 4.79 Å². The Morgan fingerprint density at radius 2 is 2.40 bits per heavy atom. The molecule has 2 unspecified atom stereocenters. The first-order valence-electron chi connectivity index (χ1n) is 5.13. The molecule has 15 heavy (non-hydrogen) atoms. The van der Waals surface area contributed by atoms with E-state index in [1.807, 2.05) is 18.0 Å².